The van der Waals surface area contributed by atoms with Crippen LogP contribution >= 0.6 is 0 Å². The molecule has 344 valence electrons. The van der Waals surface area contributed by atoms with E-state index >= 15 is 0 Å². The fourth-order valence-electron chi connectivity index (χ4n) is 13.0. The molecule has 0 N–H and O–H groups in total. The molecule has 0 fully saturated rings. The standard InChI is InChI=1S/C73H47N/c1-3-21-48(22-4-1)57-43-41-53(46-66(57)50-23-5-2-6-24-50)74(54-42-44-63-62-34-15-18-40-69(62)73(70(63)47-54)67-38-16-13-32-60(67)61-33-14-17-39-68(61)73)72-65-36-12-10-31-59(65)58-30-9-11-35-64(58)71(72)52-28-19-27-51(45-52)56-37-20-26-49-25-7-8-29-55(49)56/h1-47H. The summed E-state index contributed by atoms with van der Waals surface area (Å²) in [4.78, 5) is 2.60. The van der Waals surface area contributed by atoms with Crippen molar-refractivity contribution < 1.29 is 0 Å². The Bertz CT molecular complexity index is 4310. The van der Waals surface area contributed by atoms with Crippen LogP contribution in [0.1, 0.15) is 22.3 Å². The number of rotatable bonds is 7. The van der Waals surface area contributed by atoms with Gasteiger partial charge in [0.05, 0.1) is 11.1 Å². The van der Waals surface area contributed by atoms with E-state index in [1.54, 1.807) is 0 Å². The largest absolute Gasteiger partial charge is 0.309 e. The molecule has 13 aromatic carbocycles. The average molecular weight is 938 g/mol. The third-order valence-electron chi connectivity index (χ3n) is 16.1. The van der Waals surface area contributed by atoms with Gasteiger partial charge in [-0.2, -0.15) is 0 Å². The summed E-state index contributed by atoms with van der Waals surface area (Å²) >= 11 is 0. The van der Waals surface area contributed by atoms with Crippen molar-refractivity contribution in [3.8, 4) is 66.8 Å². The molecular weight excluding hydrogens is 891 g/mol. The van der Waals surface area contributed by atoms with Gasteiger partial charge in [0.1, 0.15) is 0 Å². The molecule has 0 saturated carbocycles. The zero-order chi connectivity index (χ0) is 48.7. The van der Waals surface area contributed by atoms with Gasteiger partial charge >= 0.3 is 0 Å². The lowest BCUT2D eigenvalue weighted by Crippen LogP contribution is -2.26. The summed E-state index contributed by atoms with van der Waals surface area (Å²) in [5, 5.41) is 7.30. The van der Waals surface area contributed by atoms with Crippen LogP contribution in [0.15, 0.2) is 285 Å². The quantitative estimate of drug-likeness (QED) is 0.144. The van der Waals surface area contributed by atoms with Crippen molar-refractivity contribution in [1.82, 2.24) is 0 Å². The number of anilines is 3. The summed E-state index contributed by atoms with van der Waals surface area (Å²) in [5.74, 6) is 0. The van der Waals surface area contributed by atoms with E-state index < -0.39 is 5.41 Å². The number of fused-ring (bicyclic) bond motifs is 14. The van der Waals surface area contributed by atoms with Crippen LogP contribution in [0.2, 0.25) is 0 Å². The zero-order valence-corrected chi connectivity index (χ0v) is 40.6. The van der Waals surface area contributed by atoms with Crippen molar-refractivity contribution >= 4 is 49.4 Å². The monoisotopic (exact) mass is 937 g/mol. The highest BCUT2D eigenvalue weighted by atomic mass is 15.1. The molecular formula is C73H47N. The maximum absolute atomic E-state index is 2.60. The molecule has 1 heteroatoms. The van der Waals surface area contributed by atoms with Gasteiger partial charge in [0.15, 0.2) is 0 Å². The molecule has 0 amide bonds. The van der Waals surface area contributed by atoms with E-state index in [-0.39, 0.29) is 0 Å². The SMILES string of the molecule is c1ccc(-c2ccc(N(c3ccc4c(c3)C3(c5ccccc5-c5ccccc53)c3ccccc3-4)c3c(-c4cccc(-c5cccc6ccccc56)c4)c4ccccc4c4ccccc34)cc2-c2ccccc2)cc1. The first kappa shape index (κ1) is 42.2. The molecule has 1 nitrogen and oxygen atoms in total. The van der Waals surface area contributed by atoms with Gasteiger partial charge in [-0.1, -0.05) is 255 Å². The van der Waals surface area contributed by atoms with E-state index in [0.717, 1.165) is 22.6 Å². The molecule has 2 aliphatic carbocycles. The topological polar surface area (TPSA) is 3.24 Å². The van der Waals surface area contributed by atoms with Crippen molar-refractivity contribution in [3.05, 3.63) is 307 Å². The summed E-state index contributed by atoms with van der Waals surface area (Å²) in [5.41, 5.74) is 22.7. The highest BCUT2D eigenvalue weighted by molar-refractivity contribution is 6.23. The summed E-state index contributed by atoms with van der Waals surface area (Å²) in [6, 6.07) is 106. The second kappa shape index (κ2) is 16.8. The number of hydrogen-bond donors (Lipinski definition) is 0. The fourth-order valence-corrected chi connectivity index (χ4v) is 13.0. The third kappa shape index (κ3) is 6.23. The Kier molecular flexibility index (Phi) is 9.55. The molecule has 15 rings (SSSR count). The lowest BCUT2D eigenvalue weighted by Gasteiger charge is -2.34. The van der Waals surface area contributed by atoms with Gasteiger partial charge in [0.2, 0.25) is 0 Å². The summed E-state index contributed by atoms with van der Waals surface area (Å²) < 4.78 is 0. The van der Waals surface area contributed by atoms with Crippen molar-refractivity contribution in [1.29, 1.82) is 0 Å². The normalized spacial score (nSPS) is 12.7. The van der Waals surface area contributed by atoms with E-state index in [0.29, 0.717) is 0 Å². The molecule has 0 radical (unpaired) electrons. The number of hydrogen-bond acceptors (Lipinski definition) is 1. The van der Waals surface area contributed by atoms with Crippen molar-refractivity contribution in [2.45, 2.75) is 5.41 Å². The zero-order valence-electron chi connectivity index (χ0n) is 40.6. The lowest BCUT2D eigenvalue weighted by atomic mass is 9.70. The van der Waals surface area contributed by atoms with Crippen LogP contribution in [0.3, 0.4) is 0 Å². The summed E-state index contributed by atoms with van der Waals surface area (Å²) in [6.45, 7) is 0. The van der Waals surface area contributed by atoms with Gasteiger partial charge in [-0.25, -0.2) is 0 Å². The van der Waals surface area contributed by atoms with Crippen LogP contribution in [0.5, 0.6) is 0 Å². The van der Waals surface area contributed by atoms with Crippen LogP contribution in [0, 0.1) is 0 Å². The molecule has 0 aliphatic heterocycles. The van der Waals surface area contributed by atoms with E-state index in [1.807, 2.05) is 0 Å². The third-order valence-corrected chi connectivity index (χ3v) is 16.1. The Balaban J connectivity index is 1.07. The minimum Gasteiger partial charge on any atom is -0.309 e. The first-order valence-corrected chi connectivity index (χ1v) is 25.7. The first-order valence-electron chi connectivity index (χ1n) is 25.7. The second-order valence-electron chi connectivity index (χ2n) is 19.8. The predicted octanol–water partition coefficient (Wildman–Crippen LogP) is 19.6. The van der Waals surface area contributed by atoms with Crippen molar-refractivity contribution in [2.24, 2.45) is 0 Å². The van der Waals surface area contributed by atoms with Crippen LogP contribution in [-0.2, 0) is 5.41 Å². The summed E-state index contributed by atoms with van der Waals surface area (Å²) in [7, 11) is 0. The van der Waals surface area contributed by atoms with Gasteiger partial charge < -0.3 is 4.90 Å². The molecule has 0 atom stereocenters. The second-order valence-corrected chi connectivity index (χ2v) is 19.8. The highest BCUT2D eigenvalue weighted by Crippen LogP contribution is 2.64. The maximum Gasteiger partial charge on any atom is 0.0726 e. The molecule has 0 saturated heterocycles. The molecule has 13 aromatic rings. The lowest BCUT2D eigenvalue weighted by molar-refractivity contribution is 0.793. The molecule has 0 aromatic heterocycles. The number of benzene rings is 13. The van der Waals surface area contributed by atoms with E-state index in [4.69, 9.17) is 0 Å². The van der Waals surface area contributed by atoms with Gasteiger partial charge in [-0.3, -0.25) is 0 Å². The van der Waals surface area contributed by atoms with Gasteiger partial charge in [-0.15, -0.1) is 0 Å². The minimum atomic E-state index is -0.520. The van der Waals surface area contributed by atoms with Gasteiger partial charge in [-0.05, 0) is 141 Å². The van der Waals surface area contributed by atoms with Crippen LogP contribution in [0.4, 0.5) is 17.1 Å². The van der Waals surface area contributed by atoms with Crippen LogP contribution in [-0.4, -0.2) is 0 Å². The van der Waals surface area contributed by atoms with E-state index in [9.17, 15) is 0 Å². The number of nitrogens with zero attached hydrogens (tertiary/aromatic N) is 1. The minimum absolute atomic E-state index is 0.520. The molecule has 2 aliphatic rings. The fraction of sp³-hybridized carbons (Fsp3) is 0.0137. The molecule has 0 unspecified atom stereocenters. The Morgan fingerprint density at radius 2 is 0.662 bits per heavy atom. The Labute approximate surface area is 431 Å². The van der Waals surface area contributed by atoms with Crippen LogP contribution in [0.25, 0.3) is 99.1 Å². The Morgan fingerprint density at radius 3 is 1.32 bits per heavy atom. The van der Waals surface area contributed by atoms with Crippen LogP contribution < -0.4 is 4.90 Å². The highest BCUT2D eigenvalue weighted by Gasteiger charge is 2.51. The van der Waals surface area contributed by atoms with Crippen molar-refractivity contribution in [2.75, 3.05) is 4.90 Å². The average Bonchev–Trinajstić information content (AvgIpc) is 3.97. The molecule has 74 heavy (non-hydrogen) atoms. The van der Waals surface area contributed by atoms with Gasteiger partial charge in [0.25, 0.3) is 0 Å². The predicted molar refractivity (Wildman–Crippen MR) is 312 cm³/mol. The van der Waals surface area contributed by atoms with Crippen molar-refractivity contribution in [3.63, 3.8) is 0 Å². The first-order chi connectivity index (χ1) is 36.7. The molecule has 1 spiro atoms. The molecule has 0 heterocycles. The molecule has 0 bridgehead atoms. The smallest absolute Gasteiger partial charge is 0.0726 e. The Morgan fingerprint density at radius 1 is 0.230 bits per heavy atom. The van der Waals surface area contributed by atoms with E-state index in [1.165, 1.54) is 116 Å². The maximum atomic E-state index is 2.60. The Hall–Kier alpha value is -9.56. The van der Waals surface area contributed by atoms with Gasteiger partial charge in [0, 0.05) is 22.3 Å². The van der Waals surface area contributed by atoms with E-state index in [2.05, 4.69) is 290 Å². The summed E-state index contributed by atoms with van der Waals surface area (Å²) in [6.07, 6.45) is 0.